The maximum atomic E-state index is 9.39. The van der Waals surface area contributed by atoms with Crippen LogP contribution in [0.1, 0.15) is 5.56 Å². The van der Waals surface area contributed by atoms with Gasteiger partial charge in [0.15, 0.2) is 0 Å². The standard InChI is InChI=1S/C44H28N4/c45-28-30-9-19-37(20-10-30)47(39-23-17-33(18-24-39)36-6-3-27-46-29-36)38-21-13-31(14-22-38)32-15-25-40(26-16-32)48-41-7-1-4-34-11-12-35-5-2-8-42(48)44(35)43(34)41/h1-27,29H. The van der Waals surface area contributed by atoms with E-state index >= 15 is 0 Å². The van der Waals surface area contributed by atoms with Gasteiger partial charge in [-0.15, -0.1) is 0 Å². The summed E-state index contributed by atoms with van der Waals surface area (Å²) in [5.41, 5.74) is 11.8. The molecule has 0 atom stereocenters. The molecule has 7 aromatic carbocycles. The number of nitriles is 1. The van der Waals surface area contributed by atoms with Crippen LogP contribution in [0.3, 0.4) is 0 Å². The van der Waals surface area contributed by atoms with Crippen molar-refractivity contribution in [1.82, 2.24) is 9.55 Å². The normalized spacial score (nSPS) is 11.3. The summed E-state index contributed by atoms with van der Waals surface area (Å²) in [6.45, 7) is 0. The van der Waals surface area contributed by atoms with E-state index in [1.165, 1.54) is 32.6 Å². The Morgan fingerprint density at radius 2 is 0.979 bits per heavy atom. The Kier molecular flexibility index (Phi) is 6.48. The number of anilines is 3. The Bertz CT molecular complexity index is 2510. The van der Waals surface area contributed by atoms with Crippen molar-refractivity contribution in [2.24, 2.45) is 0 Å². The molecule has 9 aromatic rings. The molecule has 0 fully saturated rings. The number of pyridine rings is 1. The molecule has 0 bridgehead atoms. The van der Waals surface area contributed by atoms with Gasteiger partial charge in [0.25, 0.3) is 0 Å². The van der Waals surface area contributed by atoms with Gasteiger partial charge in [-0.1, -0.05) is 78.9 Å². The third-order valence-electron chi connectivity index (χ3n) is 9.28. The van der Waals surface area contributed by atoms with E-state index in [9.17, 15) is 5.26 Å². The number of rotatable bonds is 6. The lowest BCUT2D eigenvalue weighted by Gasteiger charge is -2.26. The predicted octanol–water partition coefficient (Wildman–Crippen LogP) is 11.4. The van der Waals surface area contributed by atoms with Gasteiger partial charge in [-0.3, -0.25) is 4.98 Å². The molecule has 0 aliphatic carbocycles. The van der Waals surface area contributed by atoms with Gasteiger partial charge in [0.05, 0.1) is 22.7 Å². The largest absolute Gasteiger partial charge is 0.311 e. The number of nitrogens with zero attached hydrogens (tertiary/aromatic N) is 4. The highest BCUT2D eigenvalue weighted by molar-refractivity contribution is 6.24. The maximum absolute atomic E-state index is 9.39. The molecule has 4 nitrogen and oxygen atoms in total. The third kappa shape index (κ3) is 4.57. The fourth-order valence-electron chi connectivity index (χ4n) is 6.97. The van der Waals surface area contributed by atoms with Crippen LogP contribution < -0.4 is 4.90 Å². The van der Waals surface area contributed by atoms with Gasteiger partial charge in [0, 0.05) is 45.9 Å². The highest BCUT2D eigenvalue weighted by Gasteiger charge is 2.17. The van der Waals surface area contributed by atoms with Crippen molar-refractivity contribution in [3.63, 3.8) is 0 Å². The van der Waals surface area contributed by atoms with Crippen LogP contribution in [0, 0.1) is 11.3 Å². The van der Waals surface area contributed by atoms with Gasteiger partial charge in [0.1, 0.15) is 0 Å². The van der Waals surface area contributed by atoms with Crippen LogP contribution in [0.2, 0.25) is 0 Å². The lowest BCUT2D eigenvalue weighted by molar-refractivity contribution is 1.18. The minimum Gasteiger partial charge on any atom is -0.311 e. The van der Waals surface area contributed by atoms with E-state index in [1.807, 2.05) is 36.5 Å². The Morgan fingerprint density at radius 1 is 0.479 bits per heavy atom. The molecule has 0 radical (unpaired) electrons. The maximum Gasteiger partial charge on any atom is 0.0991 e. The van der Waals surface area contributed by atoms with Crippen LogP contribution in [0.25, 0.3) is 60.5 Å². The second-order valence-electron chi connectivity index (χ2n) is 12.0. The molecule has 2 aromatic heterocycles. The number of hydrogen-bond acceptors (Lipinski definition) is 3. The fourth-order valence-corrected chi connectivity index (χ4v) is 6.97. The zero-order valence-electron chi connectivity index (χ0n) is 26.0. The lowest BCUT2D eigenvalue weighted by atomic mass is 10.0. The number of benzene rings is 7. The molecule has 4 heteroatoms. The van der Waals surface area contributed by atoms with E-state index in [0.29, 0.717) is 5.56 Å². The van der Waals surface area contributed by atoms with Gasteiger partial charge >= 0.3 is 0 Å². The molecule has 2 heterocycles. The average molecular weight is 613 g/mol. The van der Waals surface area contributed by atoms with Gasteiger partial charge in [0.2, 0.25) is 0 Å². The third-order valence-corrected chi connectivity index (χ3v) is 9.28. The smallest absolute Gasteiger partial charge is 0.0991 e. The summed E-state index contributed by atoms with van der Waals surface area (Å²) < 4.78 is 2.38. The summed E-state index contributed by atoms with van der Waals surface area (Å²) in [7, 11) is 0. The van der Waals surface area contributed by atoms with Gasteiger partial charge < -0.3 is 9.47 Å². The van der Waals surface area contributed by atoms with Crippen LogP contribution in [-0.4, -0.2) is 9.55 Å². The van der Waals surface area contributed by atoms with E-state index < -0.39 is 0 Å². The number of hydrogen-bond donors (Lipinski definition) is 0. The zero-order chi connectivity index (χ0) is 32.0. The second-order valence-corrected chi connectivity index (χ2v) is 12.0. The van der Waals surface area contributed by atoms with E-state index in [1.54, 1.807) is 6.20 Å². The van der Waals surface area contributed by atoms with Crippen molar-refractivity contribution >= 4 is 49.6 Å². The first-order valence-electron chi connectivity index (χ1n) is 16.0. The molecule has 0 N–H and O–H groups in total. The highest BCUT2D eigenvalue weighted by Crippen LogP contribution is 2.40. The molecular formula is C44H28N4. The van der Waals surface area contributed by atoms with E-state index in [-0.39, 0.29) is 0 Å². The van der Waals surface area contributed by atoms with E-state index in [4.69, 9.17) is 0 Å². The fraction of sp³-hybridized carbons (Fsp3) is 0. The molecule has 0 aliphatic heterocycles. The van der Waals surface area contributed by atoms with Crippen molar-refractivity contribution in [2.75, 3.05) is 4.90 Å². The SMILES string of the molecule is N#Cc1ccc(N(c2ccc(-c3ccc(-n4c5cccc6ccc7cccc4c7c65)cc3)cc2)c2ccc(-c3cccnc3)cc2)cc1. The van der Waals surface area contributed by atoms with Gasteiger partial charge in [-0.05, 0) is 112 Å². The summed E-state index contributed by atoms with van der Waals surface area (Å²) in [6.07, 6.45) is 3.67. The average Bonchev–Trinajstić information content (AvgIpc) is 3.51. The van der Waals surface area contributed by atoms with Crippen LogP contribution in [0.15, 0.2) is 170 Å². The monoisotopic (exact) mass is 612 g/mol. The second kappa shape index (κ2) is 11.3. The molecule has 48 heavy (non-hydrogen) atoms. The molecule has 9 rings (SSSR count). The van der Waals surface area contributed by atoms with Crippen molar-refractivity contribution < 1.29 is 0 Å². The molecule has 0 saturated heterocycles. The topological polar surface area (TPSA) is 44.9 Å². The van der Waals surface area contributed by atoms with Crippen molar-refractivity contribution in [3.05, 3.63) is 176 Å². The minimum atomic E-state index is 0.635. The Hall–Kier alpha value is -6.70. The van der Waals surface area contributed by atoms with Crippen molar-refractivity contribution in [2.45, 2.75) is 0 Å². The lowest BCUT2D eigenvalue weighted by Crippen LogP contribution is -2.09. The van der Waals surface area contributed by atoms with Crippen molar-refractivity contribution in [1.29, 1.82) is 5.26 Å². The van der Waals surface area contributed by atoms with E-state index in [0.717, 1.165) is 45.0 Å². The Labute approximate surface area is 278 Å². The first kappa shape index (κ1) is 27.6. The van der Waals surface area contributed by atoms with Crippen LogP contribution in [-0.2, 0) is 0 Å². The molecule has 224 valence electrons. The Balaban J connectivity index is 1.06. The minimum absolute atomic E-state index is 0.635. The van der Waals surface area contributed by atoms with Gasteiger partial charge in [-0.25, -0.2) is 0 Å². The number of aromatic nitrogens is 2. The molecule has 0 spiro atoms. The van der Waals surface area contributed by atoms with Crippen molar-refractivity contribution in [3.8, 4) is 34.0 Å². The predicted molar refractivity (Wildman–Crippen MR) is 198 cm³/mol. The Morgan fingerprint density at radius 3 is 1.48 bits per heavy atom. The summed E-state index contributed by atoms with van der Waals surface area (Å²) in [6, 6.07) is 57.6. The molecule has 0 aliphatic rings. The van der Waals surface area contributed by atoms with Gasteiger partial charge in [-0.2, -0.15) is 5.26 Å². The summed E-state index contributed by atoms with van der Waals surface area (Å²) in [5, 5.41) is 14.6. The molecule has 0 saturated carbocycles. The zero-order valence-corrected chi connectivity index (χ0v) is 26.0. The van der Waals surface area contributed by atoms with Crippen LogP contribution >= 0.6 is 0 Å². The molecule has 0 unspecified atom stereocenters. The summed E-state index contributed by atoms with van der Waals surface area (Å²) >= 11 is 0. The van der Waals surface area contributed by atoms with Crippen LogP contribution in [0.4, 0.5) is 17.1 Å². The first-order chi connectivity index (χ1) is 23.7. The first-order valence-corrected chi connectivity index (χ1v) is 16.0. The van der Waals surface area contributed by atoms with Crippen LogP contribution in [0.5, 0.6) is 0 Å². The molecule has 0 amide bonds. The summed E-state index contributed by atoms with van der Waals surface area (Å²) in [5.74, 6) is 0. The molecular weight excluding hydrogens is 585 g/mol. The highest BCUT2D eigenvalue weighted by atomic mass is 15.1. The quantitative estimate of drug-likeness (QED) is 0.176. The van der Waals surface area contributed by atoms with E-state index in [2.05, 4.69) is 148 Å². The summed E-state index contributed by atoms with van der Waals surface area (Å²) in [4.78, 5) is 6.49.